The molecule has 1 N–H and O–H groups in total. The van der Waals surface area contributed by atoms with E-state index >= 15 is 0 Å². The Morgan fingerprint density at radius 1 is 1.07 bits per heavy atom. The normalized spacial score (nSPS) is 10.5. The number of rotatable bonds is 2. The van der Waals surface area contributed by atoms with Crippen molar-refractivity contribution >= 4 is 5.97 Å². The van der Waals surface area contributed by atoms with Gasteiger partial charge < -0.3 is 5.11 Å². The van der Waals surface area contributed by atoms with Gasteiger partial charge in [-0.25, -0.2) is 13.2 Å². The highest BCUT2D eigenvalue weighted by Crippen LogP contribution is 2.24. The van der Waals surface area contributed by atoms with Gasteiger partial charge in [-0.2, -0.15) is 0 Å². The molecule has 15 heavy (non-hydrogen) atoms. The molecule has 1 aromatic rings. The van der Waals surface area contributed by atoms with E-state index in [0.717, 1.165) is 6.92 Å². The zero-order valence-electron chi connectivity index (χ0n) is 8.20. The van der Waals surface area contributed by atoms with E-state index in [4.69, 9.17) is 5.11 Å². The Kier molecular flexibility index (Phi) is 3.02. The monoisotopic (exact) mass is 218 g/mol. The summed E-state index contributed by atoms with van der Waals surface area (Å²) in [7, 11) is 0. The van der Waals surface area contributed by atoms with E-state index in [1.54, 1.807) is 0 Å². The molecule has 0 saturated heterocycles. The Balaban J connectivity index is 3.45. The molecule has 0 unspecified atom stereocenters. The Morgan fingerprint density at radius 3 is 2.07 bits per heavy atom. The summed E-state index contributed by atoms with van der Waals surface area (Å²) in [5.41, 5.74) is -1.03. The van der Waals surface area contributed by atoms with Crippen LogP contribution in [-0.2, 0) is 11.2 Å². The summed E-state index contributed by atoms with van der Waals surface area (Å²) in [5.74, 6) is -4.84. The number of hydrogen-bond donors (Lipinski definition) is 1. The molecule has 82 valence electrons. The first-order valence-corrected chi connectivity index (χ1v) is 4.20. The number of carboxylic acid groups (broad SMARTS) is 1. The van der Waals surface area contributed by atoms with Crippen molar-refractivity contribution in [2.75, 3.05) is 0 Å². The van der Waals surface area contributed by atoms with Gasteiger partial charge in [0.2, 0.25) is 0 Å². The van der Waals surface area contributed by atoms with Crippen LogP contribution in [0, 0.1) is 31.3 Å². The van der Waals surface area contributed by atoms with Gasteiger partial charge in [-0.15, -0.1) is 0 Å². The maximum atomic E-state index is 13.3. The van der Waals surface area contributed by atoms with Gasteiger partial charge in [0.1, 0.15) is 5.82 Å². The molecule has 1 rings (SSSR count). The average molecular weight is 218 g/mol. The van der Waals surface area contributed by atoms with Gasteiger partial charge in [0.05, 0.1) is 6.42 Å². The number of carboxylic acids is 1. The molecule has 0 fully saturated rings. The Labute approximate surface area is 84.3 Å². The van der Waals surface area contributed by atoms with Crippen molar-refractivity contribution < 1.29 is 23.1 Å². The lowest BCUT2D eigenvalue weighted by atomic mass is 10.0. The first kappa shape index (κ1) is 11.6. The third kappa shape index (κ3) is 1.95. The number of hydrogen-bond acceptors (Lipinski definition) is 1. The van der Waals surface area contributed by atoms with Crippen molar-refractivity contribution in [2.45, 2.75) is 20.3 Å². The molecular formula is C10H9F3O2. The molecule has 0 aromatic heterocycles. The average Bonchev–Trinajstić information content (AvgIpc) is 2.18. The molecule has 0 radical (unpaired) electrons. The second-order valence-electron chi connectivity index (χ2n) is 3.24. The topological polar surface area (TPSA) is 37.3 Å². The first-order valence-electron chi connectivity index (χ1n) is 4.20. The zero-order chi connectivity index (χ0) is 11.7. The quantitative estimate of drug-likeness (QED) is 0.773. The standard InChI is InChI=1S/C10H9F3O2/c1-4-6(3-7(14)15)10(13)9(12)5(2)8(4)11/h3H2,1-2H3,(H,14,15). The largest absolute Gasteiger partial charge is 0.481 e. The third-order valence-electron chi connectivity index (χ3n) is 2.23. The minimum Gasteiger partial charge on any atom is -0.481 e. The van der Waals surface area contributed by atoms with Gasteiger partial charge in [0.25, 0.3) is 0 Å². The molecule has 0 heterocycles. The minimum atomic E-state index is -1.33. The highest BCUT2D eigenvalue weighted by atomic mass is 19.2. The number of carbonyl (C=O) groups is 1. The van der Waals surface area contributed by atoms with Crippen LogP contribution in [0.5, 0.6) is 0 Å². The maximum Gasteiger partial charge on any atom is 0.307 e. The Morgan fingerprint density at radius 2 is 1.60 bits per heavy atom. The van der Waals surface area contributed by atoms with Crippen molar-refractivity contribution in [3.05, 3.63) is 34.1 Å². The van der Waals surface area contributed by atoms with Crippen LogP contribution in [-0.4, -0.2) is 11.1 Å². The predicted molar refractivity (Wildman–Crippen MR) is 47.1 cm³/mol. The highest BCUT2D eigenvalue weighted by molar-refractivity contribution is 5.71. The van der Waals surface area contributed by atoms with Gasteiger partial charge in [0.15, 0.2) is 11.6 Å². The molecule has 0 amide bonds. The Hall–Kier alpha value is -1.52. The molecule has 1 aromatic carbocycles. The van der Waals surface area contributed by atoms with Crippen LogP contribution in [0.1, 0.15) is 16.7 Å². The lowest BCUT2D eigenvalue weighted by Gasteiger charge is -2.10. The molecular weight excluding hydrogens is 209 g/mol. The number of benzene rings is 1. The summed E-state index contributed by atoms with van der Waals surface area (Å²) >= 11 is 0. The molecule has 0 bridgehead atoms. The van der Waals surface area contributed by atoms with Crippen molar-refractivity contribution in [2.24, 2.45) is 0 Å². The fraction of sp³-hybridized carbons (Fsp3) is 0.300. The van der Waals surface area contributed by atoms with E-state index in [0.29, 0.717) is 0 Å². The molecule has 0 saturated carbocycles. The SMILES string of the molecule is Cc1c(F)c(C)c(CC(=O)O)c(F)c1F. The van der Waals surface area contributed by atoms with Gasteiger partial charge in [0, 0.05) is 11.1 Å². The number of halogens is 3. The van der Waals surface area contributed by atoms with Crippen LogP contribution < -0.4 is 0 Å². The van der Waals surface area contributed by atoms with Crippen LogP contribution in [0.3, 0.4) is 0 Å². The fourth-order valence-electron chi connectivity index (χ4n) is 1.33. The molecule has 0 aliphatic rings. The molecule has 0 aliphatic carbocycles. The van der Waals surface area contributed by atoms with Crippen molar-refractivity contribution in [1.29, 1.82) is 0 Å². The number of aliphatic carboxylic acids is 1. The van der Waals surface area contributed by atoms with E-state index in [-0.39, 0.29) is 5.56 Å². The predicted octanol–water partition coefficient (Wildman–Crippen LogP) is 2.35. The van der Waals surface area contributed by atoms with E-state index in [1.807, 2.05) is 0 Å². The van der Waals surface area contributed by atoms with Gasteiger partial charge in [-0.1, -0.05) is 0 Å². The maximum absolute atomic E-state index is 13.3. The zero-order valence-corrected chi connectivity index (χ0v) is 8.20. The van der Waals surface area contributed by atoms with E-state index in [1.165, 1.54) is 6.92 Å². The summed E-state index contributed by atoms with van der Waals surface area (Å²) in [6.07, 6.45) is -0.730. The second-order valence-corrected chi connectivity index (χ2v) is 3.24. The lowest BCUT2D eigenvalue weighted by molar-refractivity contribution is -0.136. The van der Waals surface area contributed by atoms with Crippen LogP contribution in [0.4, 0.5) is 13.2 Å². The van der Waals surface area contributed by atoms with Crippen molar-refractivity contribution in [3.8, 4) is 0 Å². The van der Waals surface area contributed by atoms with Crippen LogP contribution in [0.25, 0.3) is 0 Å². The molecule has 5 heteroatoms. The second kappa shape index (κ2) is 3.92. The van der Waals surface area contributed by atoms with E-state index in [9.17, 15) is 18.0 Å². The summed E-state index contributed by atoms with van der Waals surface area (Å²) in [5, 5.41) is 8.46. The molecule has 2 nitrogen and oxygen atoms in total. The molecule has 0 aliphatic heterocycles. The molecule has 0 atom stereocenters. The summed E-state index contributed by atoms with van der Waals surface area (Å²) < 4.78 is 39.6. The summed E-state index contributed by atoms with van der Waals surface area (Å²) in [6, 6.07) is 0. The highest BCUT2D eigenvalue weighted by Gasteiger charge is 2.21. The van der Waals surface area contributed by atoms with E-state index < -0.39 is 41.0 Å². The van der Waals surface area contributed by atoms with Crippen molar-refractivity contribution in [3.63, 3.8) is 0 Å². The van der Waals surface area contributed by atoms with Gasteiger partial charge in [-0.05, 0) is 19.4 Å². The van der Waals surface area contributed by atoms with Gasteiger partial charge in [-0.3, -0.25) is 4.79 Å². The Bertz CT molecular complexity index is 398. The third-order valence-corrected chi connectivity index (χ3v) is 2.23. The van der Waals surface area contributed by atoms with Crippen LogP contribution >= 0.6 is 0 Å². The van der Waals surface area contributed by atoms with Crippen LogP contribution in [0.15, 0.2) is 0 Å². The van der Waals surface area contributed by atoms with Crippen molar-refractivity contribution in [1.82, 2.24) is 0 Å². The fourth-order valence-corrected chi connectivity index (χ4v) is 1.33. The summed E-state index contributed by atoms with van der Waals surface area (Å²) in [6.45, 7) is 2.33. The van der Waals surface area contributed by atoms with Gasteiger partial charge >= 0.3 is 5.97 Å². The smallest absolute Gasteiger partial charge is 0.307 e. The van der Waals surface area contributed by atoms with Crippen LogP contribution in [0.2, 0.25) is 0 Å². The molecule has 0 spiro atoms. The minimum absolute atomic E-state index is 0.159. The van der Waals surface area contributed by atoms with E-state index in [2.05, 4.69) is 0 Å². The lowest BCUT2D eigenvalue weighted by Crippen LogP contribution is -2.10. The summed E-state index contributed by atoms with van der Waals surface area (Å²) in [4.78, 5) is 10.4. The first-order chi connectivity index (χ1) is 6.86.